The number of hydrogen-bond donors (Lipinski definition) is 1. The lowest BCUT2D eigenvalue weighted by Gasteiger charge is -2.32. The third-order valence-corrected chi connectivity index (χ3v) is 6.44. The molecule has 2 aromatic rings. The fraction of sp³-hybridized carbons (Fsp3) is 0.235. The molecule has 8 heteroatoms. The third kappa shape index (κ3) is 3.30. The predicted molar refractivity (Wildman–Crippen MR) is 104 cm³/mol. The van der Waals surface area contributed by atoms with Crippen LogP contribution in [0.2, 0.25) is 5.02 Å². The van der Waals surface area contributed by atoms with Crippen LogP contribution in [0.1, 0.15) is 23.8 Å². The maximum absolute atomic E-state index is 12.2. The highest BCUT2D eigenvalue weighted by Crippen LogP contribution is 2.44. The first-order valence-corrected chi connectivity index (χ1v) is 9.35. The van der Waals surface area contributed by atoms with Gasteiger partial charge in [-0.25, -0.2) is 4.99 Å². The number of thiophene rings is 1. The van der Waals surface area contributed by atoms with Crippen LogP contribution in [0.25, 0.3) is 11.1 Å². The van der Waals surface area contributed by atoms with Crippen molar-refractivity contribution in [3.63, 3.8) is 0 Å². The van der Waals surface area contributed by atoms with E-state index in [1.807, 2.05) is 13.0 Å². The van der Waals surface area contributed by atoms with Crippen LogP contribution >= 0.6 is 38.9 Å². The van der Waals surface area contributed by atoms with Crippen LogP contribution in [0, 0.1) is 11.3 Å². The number of benzene rings is 1. The van der Waals surface area contributed by atoms with Crippen molar-refractivity contribution in [3.05, 3.63) is 43.5 Å². The van der Waals surface area contributed by atoms with Gasteiger partial charge in [-0.2, -0.15) is 5.26 Å². The van der Waals surface area contributed by atoms with Crippen LogP contribution in [0.15, 0.2) is 33.0 Å². The number of nitrogens with zero attached hydrogens (tertiary/aromatic N) is 3. The van der Waals surface area contributed by atoms with Crippen molar-refractivity contribution in [2.45, 2.75) is 18.9 Å². The van der Waals surface area contributed by atoms with Crippen molar-refractivity contribution in [1.82, 2.24) is 4.90 Å². The molecule has 0 fully saturated rings. The molecule has 0 unspecified atom stereocenters. The summed E-state index contributed by atoms with van der Waals surface area (Å²) < 4.78 is 0.884. The third-order valence-electron chi connectivity index (χ3n) is 4.13. The lowest BCUT2D eigenvalue weighted by Crippen LogP contribution is -2.47. The van der Waals surface area contributed by atoms with Gasteiger partial charge in [-0.15, -0.1) is 11.3 Å². The van der Waals surface area contributed by atoms with Crippen LogP contribution in [0.3, 0.4) is 0 Å². The van der Waals surface area contributed by atoms with Gasteiger partial charge in [0.25, 0.3) is 0 Å². The van der Waals surface area contributed by atoms with Crippen molar-refractivity contribution < 1.29 is 4.79 Å². The van der Waals surface area contributed by atoms with Gasteiger partial charge < -0.3 is 5.73 Å². The number of guanidine groups is 1. The Hall–Kier alpha value is -1.88. The van der Waals surface area contributed by atoms with Gasteiger partial charge in [0.1, 0.15) is 5.54 Å². The lowest BCUT2D eigenvalue weighted by atomic mass is 9.93. The molecular formula is C17H14BrClN4OS. The quantitative estimate of drug-likeness (QED) is 0.768. The second-order valence-electron chi connectivity index (χ2n) is 6.01. The van der Waals surface area contributed by atoms with Gasteiger partial charge in [-0.3, -0.25) is 9.69 Å². The summed E-state index contributed by atoms with van der Waals surface area (Å²) >= 11 is 11.2. The van der Waals surface area contributed by atoms with E-state index in [4.69, 9.17) is 22.6 Å². The van der Waals surface area contributed by atoms with Crippen LogP contribution in [0.5, 0.6) is 0 Å². The van der Waals surface area contributed by atoms with Gasteiger partial charge in [-0.1, -0.05) is 11.6 Å². The molecule has 0 radical (unpaired) electrons. The summed E-state index contributed by atoms with van der Waals surface area (Å²) in [4.78, 5) is 19.0. The number of aliphatic imine (C=N–C) groups is 1. The number of rotatable bonds is 2. The second kappa shape index (κ2) is 6.45. The minimum atomic E-state index is -0.713. The van der Waals surface area contributed by atoms with E-state index < -0.39 is 5.54 Å². The topological polar surface area (TPSA) is 82.5 Å². The molecular weight excluding hydrogens is 424 g/mol. The molecule has 25 heavy (non-hydrogen) atoms. The van der Waals surface area contributed by atoms with E-state index in [1.165, 1.54) is 16.2 Å². The van der Waals surface area contributed by atoms with Crippen LogP contribution in [-0.2, 0) is 10.3 Å². The molecule has 3 rings (SSSR count). The first-order chi connectivity index (χ1) is 11.7. The van der Waals surface area contributed by atoms with Crippen molar-refractivity contribution in [3.8, 4) is 17.2 Å². The normalized spacial score (nSPS) is 20.4. The first-order valence-electron chi connectivity index (χ1n) is 7.36. The molecule has 5 nitrogen and oxygen atoms in total. The minimum absolute atomic E-state index is 0.0735. The summed E-state index contributed by atoms with van der Waals surface area (Å²) in [6.07, 6.45) is 0.246. The van der Waals surface area contributed by atoms with Crippen LogP contribution in [-0.4, -0.2) is 23.8 Å². The van der Waals surface area contributed by atoms with Crippen molar-refractivity contribution in [1.29, 1.82) is 5.26 Å². The first kappa shape index (κ1) is 17.9. The lowest BCUT2D eigenvalue weighted by molar-refractivity contribution is -0.128. The predicted octanol–water partition coefficient (Wildman–Crippen LogP) is 4.09. The maximum atomic E-state index is 12.2. The Labute approximate surface area is 162 Å². The van der Waals surface area contributed by atoms with Gasteiger partial charge in [0, 0.05) is 22.5 Å². The van der Waals surface area contributed by atoms with Gasteiger partial charge in [0.05, 0.1) is 21.8 Å². The van der Waals surface area contributed by atoms with Gasteiger partial charge in [0.2, 0.25) is 5.91 Å². The number of hydrogen-bond acceptors (Lipinski definition) is 5. The zero-order chi connectivity index (χ0) is 18.4. The van der Waals surface area contributed by atoms with Crippen molar-refractivity contribution in [2.24, 2.45) is 10.7 Å². The highest BCUT2D eigenvalue weighted by molar-refractivity contribution is 9.11. The summed E-state index contributed by atoms with van der Waals surface area (Å²) in [7, 11) is 1.62. The standard InChI is InChI=1S/C17H14BrClN4OS/c1-17(7-14(24)23(2)16(21)22-17)13-6-12(15(18)25-13)10-3-9(8-20)4-11(19)5-10/h3-6H,7H2,1-2H3,(H2,21,22)/t17-/m0/s1. The van der Waals surface area contributed by atoms with Crippen molar-refractivity contribution >= 4 is 50.7 Å². The molecule has 0 bridgehead atoms. The van der Waals surface area contributed by atoms with E-state index >= 15 is 0 Å². The summed E-state index contributed by atoms with van der Waals surface area (Å²) in [5, 5.41) is 9.64. The largest absolute Gasteiger partial charge is 0.369 e. The Kier molecular flexibility index (Phi) is 4.62. The molecule has 0 aliphatic carbocycles. The molecule has 1 aliphatic heterocycles. The second-order valence-corrected chi connectivity index (χ2v) is 8.82. The van der Waals surface area contributed by atoms with Crippen LogP contribution in [0.4, 0.5) is 0 Å². The number of nitrogens with two attached hydrogens (primary N) is 1. The average Bonchev–Trinajstić information content (AvgIpc) is 2.94. The molecule has 1 amide bonds. The number of carbonyl (C=O) groups is 1. The maximum Gasteiger partial charge on any atom is 0.231 e. The molecule has 1 aliphatic rings. The van der Waals surface area contributed by atoms with Gasteiger partial charge in [0.15, 0.2) is 5.96 Å². The summed E-state index contributed by atoms with van der Waals surface area (Å²) in [5.74, 6) is 0.134. The van der Waals surface area contributed by atoms with E-state index in [9.17, 15) is 4.79 Å². The number of carbonyl (C=O) groups excluding carboxylic acids is 1. The highest BCUT2D eigenvalue weighted by atomic mass is 79.9. The molecule has 128 valence electrons. The van der Waals surface area contributed by atoms with E-state index in [0.29, 0.717) is 10.6 Å². The highest BCUT2D eigenvalue weighted by Gasteiger charge is 2.37. The SMILES string of the molecule is CN1C(=O)C[C@@](C)(c2cc(-c3cc(Cl)cc(C#N)c3)c(Br)s2)N=C1N. The number of halogens is 2. The van der Waals surface area contributed by atoms with Gasteiger partial charge in [-0.05, 0) is 52.7 Å². The van der Waals surface area contributed by atoms with Gasteiger partial charge >= 0.3 is 0 Å². The van der Waals surface area contributed by atoms with E-state index in [1.54, 1.807) is 25.2 Å². The molecule has 1 atom stereocenters. The minimum Gasteiger partial charge on any atom is -0.369 e. The monoisotopic (exact) mass is 436 g/mol. The zero-order valence-electron chi connectivity index (χ0n) is 13.5. The Bertz CT molecular complexity index is 949. The summed E-state index contributed by atoms with van der Waals surface area (Å²) in [6.45, 7) is 1.89. The number of nitriles is 1. The summed E-state index contributed by atoms with van der Waals surface area (Å²) in [5.41, 5.74) is 7.40. The molecule has 1 aromatic heterocycles. The molecule has 2 N–H and O–H groups in total. The molecule has 0 saturated carbocycles. The number of amides is 1. The van der Waals surface area contributed by atoms with E-state index in [2.05, 4.69) is 27.0 Å². The Morgan fingerprint density at radius 1 is 1.44 bits per heavy atom. The van der Waals surface area contributed by atoms with E-state index in [0.717, 1.165) is 19.8 Å². The molecule has 2 heterocycles. The average molecular weight is 438 g/mol. The fourth-order valence-electron chi connectivity index (χ4n) is 2.69. The molecule has 1 aromatic carbocycles. The van der Waals surface area contributed by atoms with E-state index in [-0.39, 0.29) is 18.3 Å². The smallest absolute Gasteiger partial charge is 0.231 e. The Balaban J connectivity index is 2.09. The molecule has 0 spiro atoms. The fourth-order valence-corrected chi connectivity index (χ4v) is 4.79. The van der Waals surface area contributed by atoms with Crippen molar-refractivity contribution in [2.75, 3.05) is 7.05 Å². The summed E-state index contributed by atoms with van der Waals surface area (Å²) in [6, 6.07) is 9.28. The Morgan fingerprint density at radius 3 is 2.80 bits per heavy atom. The molecule has 0 saturated heterocycles. The Morgan fingerprint density at radius 2 is 2.16 bits per heavy atom. The zero-order valence-corrected chi connectivity index (χ0v) is 16.7. The van der Waals surface area contributed by atoms with Crippen LogP contribution < -0.4 is 5.73 Å².